The second-order valence-electron chi connectivity index (χ2n) is 7.53. The summed E-state index contributed by atoms with van der Waals surface area (Å²) in [6.07, 6.45) is 1.13. The van der Waals surface area contributed by atoms with Crippen molar-refractivity contribution in [1.82, 2.24) is 9.73 Å². The standard InChI is InChI=1S/C24H23ClN4O7S/c1-35-20-9-11-22(36-2)23(13-20)37(33,34)28(15-17-6-4-3-5-7-17)16-24(30)27-26-14-18-12-19(29(31)32)8-10-21(18)25/h3-14H,15-16H2,1-2H3,(H,27,30)/b26-14+. The fraction of sp³-hybridized carbons (Fsp3) is 0.167. The van der Waals surface area contributed by atoms with Crippen LogP contribution in [0.3, 0.4) is 0 Å². The zero-order chi connectivity index (χ0) is 27.0. The number of methoxy groups -OCH3 is 2. The molecule has 1 amide bonds. The number of ether oxygens (including phenoxy) is 2. The lowest BCUT2D eigenvalue weighted by Gasteiger charge is -2.23. The summed E-state index contributed by atoms with van der Waals surface area (Å²) < 4.78 is 38.7. The number of amides is 1. The zero-order valence-corrected chi connectivity index (χ0v) is 21.4. The predicted octanol–water partition coefficient (Wildman–Crippen LogP) is 3.61. The van der Waals surface area contributed by atoms with Crippen LogP contribution in [0.15, 0.2) is 76.7 Å². The lowest BCUT2D eigenvalue weighted by Crippen LogP contribution is -2.39. The normalized spacial score (nSPS) is 11.5. The van der Waals surface area contributed by atoms with Crippen molar-refractivity contribution in [3.05, 3.63) is 93.0 Å². The number of hydrogen-bond donors (Lipinski definition) is 1. The van der Waals surface area contributed by atoms with E-state index >= 15 is 0 Å². The molecular formula is C24H23ClN4O7S. The minimum absolute atomic E-state index is 0.0811. The van der Waals surface area contributed by atoms with E-state index in [1.165, 1.54) is 44.6 Å². The quantitative estimate of drug-likeness (QED) is 0.220. The van der Waals surface area contributed by atoms with Gasteiger partial charge in [0.1, 0.15) is 16.4 Å². The van der Waals surface area contributed by atoms with Crippen molar-refractivity contribution >= 4 is 39.4 Å². The molecule has 0 saturated carbocycles. The van der Waals surface area contributed by atoms with Crippen LogP contribution in [-0.4, -0.2) is 50.5 Å². The lowest BCUT2D eigenvalue weighted by molar-refractivity contribution is -0.384. The Hall–Kier alpha value is -4.00. The monoisotopic (exact) mass is 546 g/mol. The van der Waals surface area contributed by atoms with Gasteiger partial charge in [0.25, 0.3) is 11.6 Å². The van der Waals surface area contributed by atoms with E-state index in [1.54, 1.807) is 36.4 Å². The van der Waals surface area contributed by atoms with Gasteiger partial charge in [-0.05, 0) is 23.8 Å². The van der Waals surface area contributed by atoms with Gasteiger partial charge in [0.05, 0.1) is 31.9 Å². The molecule has 0 aromatic heterocycles. The topological polar surface area (TPSA) is 140 Å². The average Bonchev–Trinajstić information content (AvgIpc) is 2.89. The Bertz CT molecular complexity index is 1420. The summed E-state index contributed by atoms with van der Waals surface area (Å²) in [6, 6.07) is 16.8. The highest BCUT2D eigenvalue weighted by Crippen LogP contribution is 2.31. The molecule has 0 bridgehead atoms. The van der Waals surface area contributed by atoms with Crippen molar-refractivity contribution in [3.8, 4) is 11.5 Å². The zero-order valence-electron chi connectivity index (χ0n) is 19.8. The first-order valence-electron chi connectivity index (χ1n) is 10.7. The number of nitro groups is 1. The summed E-state index contributed by atoms with van der Waals surface area (Å²) in [5.74, 6) is -0.376. The van der Waals surface area contributed by atoms with Crippen molar-refractivity contribution in [2.75, 3.05) is 20.8 Å². The van der Waals surface area contributed by atoms with Crippen LogP contribution < -0.4 is 14.9 Å². The van der Waals surface area contributed by atoms with Crippen LogP contribution in [0.1, 0.15) is 11.1 Å². The Morgan fingerprint density at radius 3 is 2.49 bits per heavy atom. The Labute approximate surface area is 218 Å². The molecule has 194 valence electrons. The van der Waals surface area contributed by atoms with Crippen LogP contribution in [-0.2, 0) is 21.4 Å². The number of non-ortho nitro benzene ring substituents is 1. The van der Waals surface area contributed by atoms with Gasteiger partial charge in [0, 0.05) is 35.3 Å². The molecule has 13 heteroatoms. The van der Waals surface area contributed by atoms with Crippen LogP contribution in [0.2, 0.25) is 5.02 Å². The molecule has 0 fully saturated rings. The minimum Gasteiger partial charge on any atom is -0.497 e. The van der Waals surface area contributed by atoms with E-state index in [2.05, 4.69) is 10.5 Å². The first-order valence-corrected chi connectivity index (χ1v) is 12.5. The average molecular weight is 547 g/mol. The number of benzene rings is 3. The lowest BCUT2D eigenvalue weighted by atomic mass is 10.2. The molecule has 3 aromatic rings. The molecule has 0 atom stereocenters. The Morgan fingerprint density at radius 2 is 1.84 bits per heavy atom. The molecule has 3 rings (SSSR count). The SMILES string of the molecule is COc1ccc(OC)c(S(=O)(=O)N(CC(=O)N/N=C/c2cc([N+](=O)[O-])ccc2Cl)Cc2ccccc2)c1. The maximum Gasteiger partial charge on any atom is 0.270 e. The van der Waals surface area contributed by atoms with Crippen molar-refractivity contribution in [1.29, 1.82) is 0 Å². The summed E-state index contributed by atoms with van der Waals surface area (Å²) in [7, 11) is -1.51. The van der Waals surface area contributed by atoms with Crippen LogP contribution in [0.5, 0.6) is 11.5 Å². The molecule has 0 aliphatic heterocycles. The molecule has 0 aliphatic carbocycles. The Morgan fingerprint density at radius 1 is 1.11 bits per heavy atom. The van der Waals surface area contributed by atoms with E-state index < -0.39 is 27.4 Å². The van der Waals surface area contributed by atoms with E-state index in [9.17, 15) is 23.3 Å². The van der Waals surface area contributed by atoms with Gasteiger partial charge in [-0.2, -0.15) is 9.41 Å². The third-order valence-corrected chi connectivity index (χ3v) is 7.25. The first-order chi connectivity index (χ1) is 17.6. The summed E-state index contributed by atoms with van der Waals surface area (Å²) in [4.78, 5) is 22.9. The largest absolute Gasteiger partial charge is 0.497 e. The Kier molecular flexibility index (Phi) is 9.17. The van der Waals surface area contributed by atoms with Crippen molar-refractivity contribution < 1.29 is 27.6 Å². The van der Waals surface area contributed by atoms with Crippen LogP contribution in [0, 0.1) is 10.1 Å². The Balaban J connectivity index is 1.87. The summed E-state index contributed by atoms with van der Waals surface area (Å²) in [5, 5.41) is 14.9. The number of rotatable bonds is 11. The number of carbonyl (C=O) groups is 1. The molecule has 37 heavy (non-hydrogen) atoms. The highest BCUT2D eigenvalue weighted by atomic mass is 35.5. The molecule has 0 radical (unpaired) electrons. The van der Waals surface area contributed by atoms with Gasteiger partial charge in [0.2, 0.25) is 10.0 Å². The van der Waals surface area contributed by atoms with Gasteiger partial charge in [-0.25, -0.2) is 13.8 Å². The number of halogens is 1. The molecule has 3 aromatic carbocycles. The highest BCUT2D eigenvalue weighted by Gasteiger charge is 2.30. The molecule has 0 unspecified atom stereocenters. The maximum absolute atomic E-state index is 13.7. The molecule has 11 nitrogen and oxygen atoms in total. The number of nitrogens with one attached hydrogen (secondary N) is 1. The number of nitro benzene ring substituents is 1. The number of hydrazone groups is 1. The third kappa shape index (κ3) is 7.03. The molecule has 0 aliphatic rings. The first kappa shape index (κ1) is 27.6. The molecule has 1 N–H and O–H groups in total. The molecule has 0 heterocycles. The predicted molar refractivity (Wildman–Crippen MR) is 137 cm³/mol. The van der Waals surface area contributed by atoms with Crippen LogP contribution in [0.4, 0.5) is 5.69 Å². The highest BCUT2D eigenvalue weighted by molar-refractivity contribution is 7.89. The van der Waals surface area contributed by atoms with Gasteiger partial charge in [-0.3, -0.25) is 14.9 Å². The maximum atomic E-state index is 13.7. The van der Waals surface area contributed by atoms with Crippen molar-refractivity contribution in [2.24, 2.45) is 5.10 Å². The second-order valence-corrected chi connectivity index (χ2v) is 9.85. The van der Waals surface area contributed by atoms with E-state index in [0.29, 0.717) is 11.3 Å². The fourth-order valence-electron chi connectivity index (χ4n) is 3.25. The van der Waals surface area contributed by atoms with E-state index in [0.717, 1.165) is 10.5 Å². The summed E-state index contributed by atoms with van der Waals surface area (Å²) >= 11 is 6.04. The molecule has 0 saturated heterocycles. The van der Waals surface area contributed by atoms with Gasteiger partial charge < -0.3 is 9.47 Å². The number of carbonyl (C=O) groups excluding carboxylic acids is 1. The van der Waals surface area contributed by atoms with Crippen molar-refractivity contribution in [3.63, 3.8) is 0 Å². The smallest absolute Gasteiger partial charge is 0.270 e. The molecular weight excluding hydrogens is 524 g/mol. The van der Waals surface area contributed by atoms with E-state index in [4.69, 9.17) is 21.1 Å². The number of sulfonamides is 1. The van der Waals surface area contributed by atoms with Crippen molar-refractivity contribution in [2.45, 2.75) is 11.4 Å². The minimum atomic E-state index is -4.25. The van der Waals surface area contributed by atoms with Gasteiger partial charge in [-0.1, -0.05) is 41.9 Å². The third-order valence-electron chi connectivity index (χ3n) is 5.09. The summed E-state index contributed by atoms with van der Waals surface area (Å²) in [5.41, 5.74) is 2.88. The van der Waals surface area contributed by atoms with E-state index in [-0.39, 0.29) is 33.5 Å². The van der Waals surface area contributed by atoms with Gasteiger partial charge >= 0.3 is 0 Å². The molecule has 0 spiro atoms. The fourth-order valence-corrected chi connectivity index (χ4v) is 4.97. The van der Waals surface area contributed by atoms with E-state index in [1.807, 2.05) is 0 Å². The second kappa shape index (κ2) is 12.3. The summed E-state index contributed by atoms with van der Waals surface area (Å²) in [6.45, 7) is -0.699. The van der Waals surface area contributed by atoms with Crippen LogP contribution >= 0.6 is 11.6 Å². The number of nitrogens with zero attached hydrogens (tertiary/aromatic N) is 3. The van der Waals surface area contributed by atoms with Gasteiger partial charge in [-0.15, -0.1) is 0 Å². The van der Waals surface area contributed by atoms with Gasteiger partial charge in [0.15, 0.2) is 0 Å². The van der Waals surface area contributed by atoms with Crippen LogP contribution in [0.25, 0.3) is 0 Å². The number of hydrogen-bond acceptors (Lipinski definition) is 8.